The van der Waals surface area contributed by atoms with E-state index in [1.54, 1.807) is 0 Å². The van der Waals surface area contributed by atoms with Crippen LogP contribution in [0.5, 0.6) is 0 Å². The number of likely N-dealkylation sites (tertiary alicyclic amines) is 1. The predicted molar refractivity (Wildman–Crippen MR) is 69.3 cm³/mol. The van der Waals surface area contributed by atoms with Crippen molar-refractivity contribution < 1.29 is 4.79 Å². The Hall–Kier alpha value is -1.63. The minimum Gasteiger partial charge on any atom is -0.331 e. The van der Waals surface area contributed by atoms with Gasteiger partial charge in [-0.05, 0) is 25.8 Å². The highest BCUT2D eigenvalue weighted by Gasteiger charge is 2.39. The fraction of sp³-hybridized carbons (Fsp3) is 0.750. The number of amides is 2. The molecule has 1 aromatic heterocycles. The Bertz CT molecular complexity index is 425. The molecule has 0 aliphatic carbocycles. The van der Waals surface area contributed by atoms with Crippen LogP contribution in [0.3, 0.4) is 0 Å². The van der Waals surface area contributed by atoms with Crippen LogP contribution in [0.15, 0.2) is 6.33 Å². The monoisotopic (exact) mass is 264 g/mol. The minimum absolute atomic E-state index is 0.00220. The molecular formula is C12H20N6O. The third-order valence-corrected chi connectivity index (χ3v) is 4.15. The molecule has 7 heteroatoms. The van der Waals surface area contributed by atoms with E-state index < -0.39 is 0 Å². The van der Waals surface area contributed by atoms with Gasteiger partial charge in [-0.3, -0.25) is 5.10 Å². The van der Waals surface area contributed by atoms with E-state index in [1.807, 2.05) is 4.90 Å². The SMILES string of the molecule is O=C(NCc1ncn[nH]1)N1CCCC2(CCNC2)C1. The summed E-state index contributed by atoms with van der Waals surface area (Å²) in [6, 6.07) is 0.00220. The summed E-state index contributed by atoms with van der Waals surface area (Å²) in [5.74, 6) is 0.683. The van der Waals surface area contributed by atoms with Gasteiger partial charge in [-0.25, -0.2) is 9.78 Å². The molecule has 3 N–H and O–H groups in total. The van der Waals surface area contributed by atoms with Crippen molar-refractivity contribution in [2.24, 2.45) is 5.41 Å². The van der Waals surface area contributed by atoms with Crippen molar-refractivity contribution in [3.63, 3.8) is 0 Å². The second kappa shape index (κ2) is 5.16. The van der Waals surface area contributed by atoms with Gasteiger partial charge in [-0.15, -0.1) is 0 Å². The third kappa shape index (κ3) is 2.70. The van der Waals surface area contributed by atoms with Gasteiger partial charge in [0.15, 0.2) is 0 Å². The van der Waals surface area contributed by atoms with E-state index in [9.17, 15) is 4.79 Å². The Morgan fingerprint density at radius 2 is 2.47 bits per heavy atom. The lowest BCUT2D eigenvalue weighted by molar-refractivity contribution is 0.118. The van der Waals surface area contributed by atoms with Crippen LogP contribution >= 0.6 is 0 Å². The van der Waals surface area contributed by atoms with Crippen LogP contribution in [0, 0.1) is 5.41 Å². The van der Waals surface area contributed by atoms with Crippen LogP contribution in [0.4, 0.5) is 4.79 Å². The molecule has 7 nitrogen and oxygen atoms in total. The number of carbonyl (C=O) groups is 1. The first kappa shape index (κ1) is 12.4. The fourth-order valence-corrected chi connectivity index (χ4v) is 3.11. The zero-order valence-corrected chi connectivity index (χ0v) is 11.0. The molecule has 19 heavy (non-hydrogen) atoms. The van der Waals surface area contributed by atoms with Crippen molar-refractivity contribution >= 4 is 6.03 Å². The summed E-state index contributed by atoms with van der Waals surface area (Å²) >= 11 is 0. The number of hydrogen-bond donors (Lipinski definition) is 3. The van der Waals surface area contributed by atoms with E-state index in [0.29, 0.717) is 17.8 Å². The fourth-order valence-electron chi connectivity index (χ4n) is 3.11. The van der Waals surface area contributed by atoms with Gasteiger partial charge < -0.3 is 15.5 Å². The summed E-state index contributed by atoms with van der Waals surface area (Å²) in [5, 5.41) is 12.8. The first-order valence-corrected chi connectivity index (χ1v) is 6.85. The number of nitrogens with zero attached hydrogens (tertiary/aromatic N) is 3. The number of H-pyrrole nitrogens is 1. The molecule has 1 unspecified atom stereocenters. The molecule has 2 aliphatic heterocycles. The minimum atomic E-state index is 0.00220. The molecule has 1 atom stereocenters. The molecule has 2 aliphatic rings. The first-order valence-electron chi connectivity index (χ1n) is 6.85. The van der Waals surface area contributed by atoms with Gasteiger partial charge in [0.1, 0.15) is 12.2 Å². The highest BCUT2D eigenvalue weighted by molar-refractivity contribution is 5.74. The number of urea groups is 1. The zero-order chi connectivity index (χ0) is 13.1. The Morgan fingerprint density at radius 1 is 1.53 bits per heavy atom. The molecule has 0 aromatic carbocycles. The van der Waals surface area contributed by atoms with Crippen LogP contribution in [-0.4, -0.2) is 52.3 Å². The quantitative estimate of drug-likeness (QED) is 0.706. The number of hydrogen-bond acceptors (Lipinski definition) is 4. The molecule has 3 heterocycles. The standard InChI is InChI=1S/C12H20N6O/c19-11(14-6-10-15-9-16-17-10)18-5-1-2-12(8-18)3-4-13-7-12/h9,13H,1-8H2,(H,14,19)(H,15,16,17). The van der Waals surface area contributed by atoms with E-state index in [1.165, 1.54) is 19.2 Å². The van der Waals surface area contributed by atoms with Gasteiger partial charge in [0.05, 0.1) is 6.54 Å². The number of aromatic amines is 1. The largest absolute Gasteiger partial charge is 0.331 e. The summed E-state index contributed by atoms with van der Waals surface area (Å²) in [4.78, 5) is 18.1. The Morgan fingerprint density at radius 3 is 3.21 bits per heavy atom. The van der Waals surface area contributed by atoms with E-state index in [4.69, 9.17) is 0 Å². The Balaban J connectivity index is 1.54. The molecular weight excluding hydrogens is 244 g/mol. The van der Waals surface area contributed by atoms with Crippen molar-refractivity contribution in [2.45, 2.75) is 25.8 Å². The predicted octanol–water partition coefficient (Wildman–Crippen LogP) is 0.0898. The molecule has 0 saturated carbocycles. The number of carbonyl (C=O) groups excluding carboxylic acids is 1. The average Bonchev–Trinajstić information content (AvgIpc) is 3.08. The van der Waals surface area contributed by atoms with Gasteiger partial charge >= 0.3 is 6.03 Å². The molecule has 1 aromatic rings. The number of piperidine rings is 1. The van der Waals surface area contributed by atoms with Gasteiger partial charge in [0, 0.05) is 25.0 Å². The lowest BCUT2D eigenvalue weighted by Crippen LogP contribution is -2.50. The summed E-state index contributed by atoms with van der Waals surface area (Å²) in [6.07, 6.45) is 4.95. The highest BCUT2D eigenvalue weighted by Crippen LogP contribution is 2.35. The highest BCUT2D eigenvalue weighted by atomic mass is 16.2. The molecule has 0 bridgehead atoms. The van der Waals surface area contributed by atoms with E-state index in [2.05, 4.69) is 25.8 Å². The molecule has 1 spiro atoms. The normalized spacial score (nSPS) is 26.8. The van der Waals surface area contributed by atoms with E-state index in [-0.39, 0.29) is 6.03 Å². The summed E-state index contributed by atoms with van der Waals surface area (Å²) in [6.45, 7) is 4.24. The van der Waals surface area contributed by atoms with Crippen LogP contribution in [0.25, 0.3) is 0 Å². The van der Waals surface area contributed by atoms with Crippen LogP contribution in [0.2, 0.25) is 0 Å². The Labute approximate surface area is 112 Å². The third-order valence-electron chi connectivity index (χ3n) is 4.15. The summed E-state index contributed by atoms with van der Waals surface area (Å²) in [7, 11) is 0. The topological polar surface area (TPSA) is 85.9 Å². The maximum atomic E-state index is 12.2. The first-order chi connectivity index (χ1) is 9.27. The number of rotatable bonds is 2. The number of nitrogens with one attached hydrogen (secondary N) is 3. The van der Waals surface area contributed by atoms with Gasteiger partial charge in [-0.2, -0.15) is 5.10 Å². The molecule has 2 saturated heterocycles. The van der Waals surface area contributed by atoms with Gasteiger partial charge in [0.25, 0.3) is 0 Å². The lowest BCUT2D eigenvalue weighted by atomic mass is 9.79. The summed E-state index contributed by atoms with van der Waals surface area (Å²) < 4.78 is 0. The number of aromatic nitrogens is 3. The van der Waals surface area contributed by atoms with Gasteiger partial charge in [0.2, 0.25) is 0 Å². The zero-order valence-electron chi connectivity index (χ0n) is 11.0. The second-order valence-electron chi connectivity index (χ2n) is 5.54. The molecule has 0 radical (unpaired) electrons. The van der Waals surface area contributed by atoms with Crippen LogP contribution in [-0.2, 0) is 6.54 Å². The molecule has 2 fully saturated rings. The van der Waals surface area contributed by atoms with Crippen molar-refractivity contribution in [2.75, 3.05) is 26.2 Å². The van der Waals surface area contributed by atoms with Gasteiger partial charge in [-0.1, -0.05) is 0 Å². The maximum absolute atomic E-state index is 12.2. The average molecular weight is 264 g/mol. The second-order valence-corrected chi connectivity index (χ2v) is 5.54. The molecule has 3 rings (SSSR count). The smallest absolute Gasteiger partial charge is 0.317 e. The maximum Gasteiger partial charge on any atom is 0.317 e. The Kier molecular flexibility index (Phi) is 3.37. The molecule has 104 valence electrons. The van der Waals surface area contributed by atoms with Crippen molar-refractivity contribution in [3.8, 4) is 0 Å². The van der Waals surface area contributed by atoms with Crippen molar-refractivity contribution in [1.82, 2.24) is 30.7 Å². The van der Waals surface area contributed by atoms with Crippen LogP contribution in [0.1, 0.15) is 25.1 Å². The van der Waals surface area contributed by atoms with Crippen molar-refractivity contribution in [1.29, 1.82) is 0 Å². The van der Waals surface area contributed by atoms with Crippen LogP contribution < -0.4 is 10.6 Å². The van der Waals surface area contributed by atoms with Crippen molar-refractivity contribution in [3.05, 3.63) is 12.2 Å². The van der Waals surface area contributed by atoms with E-state index >= 15 is 0 Å². The summed E-state index contributed by atoms with van der Waals surface area (Å²) in [5.41, 5.74) is 0.307. The lowest BCUT2D eigenvalue weighted by Gasteiger charge is -2.39. The molecule has 2 amide bonds. The van der Waals surface area contributed by atoms with E-state index in [0.717, 1.165) is 32.6 Å².